The Hall–Kier alpha value is -6.58. The summed E-state index contributed by atoms with van der Waals surface area (Å²) in [5.74, 6) is 0.880. The average molecular weight is 873 g/mol. The van der Waals surface area contributed by atoms with Crippen molar-refractivity contribution in [2.24, 2.45) is 0 Å². The van der Waals surface area contributed by atoms with Crippen molar-refractivity contribution in [3.8, 4) is 22.5 Å². The molecule has 0 saturated carbocycles. The highest BCUT2D eigenvalue weighted by atomic mass is 32.2. The van der Waals surface area contributed by atoms with Gasteiger partial charge in [0.1, 0.15) is 5.69 Å². The Bertz CT molecular complexity index is 2820. The largest absolute Gasteiger partial charge is 0.434 e. The van der Waals surface area contributed by atoms with E-state index in [1.165, 1.54) is 78.0 Å². The summed E-state index contributed by atoms with van der Waals surface area (Å²) in [6, 6.07) is 59.5. The number of pyridine rings is 1. The molecule has 7 nitrogen and oxygen atoms in total. The van der Waals surface area contributed by atoms with E-state index in [-0.39, 0.29) is 5.92 Å². The first-order valence-electron chi connectivity index (χ1n) is 21.8. The second-order valence-corrected chi connectivity index (χ2v) is 17.8. The molecule has 0 aliphatic rings. The Morgan fingerprint density at radius 2 is 0.859 bits per heavy atom. The summed E-state index contributed by atoms with van der Waals surface area (Å²) in [5, 5.41) is 2.61. The minimum absolute atomic E-state index is 0.226. The molecule has 9 rings (SSSR count). The number of para-hydroxylation sites is 2. The number of fused-ring (bicyclic) bond motifs is 2. The number of nitrogens with two attached hydrogens (primary N) is 1. The zero-order valence-electron chi connectivity index (χ0n) is 38.6. The van der Waals surface area contributed by atoms with Crippen molar-refractivity contribution in [1.29, 1.82) is 0 Å². The zero-order chi connectivity index (χ0) is 46.2. The summed E-state index contributed by atoms with van der Waals surface area (Å²) in [6.07, 6.45) is 0. The van der Waals surface area contributed by atoms with Crippen LogP contribution in [0.2, 0.25) is 0 Å². The molecule has 8 heteroatoms. The lowest BCUT2D eigenvalue weighted by Gasteiger charge is -2.07. The van der Waals surface area contributed by atoms with Crippen LogP contribution in [0.15, 0.2) is 176 Å². The molecule has 0 unspecified atom stereocenters. The minimum atomic E-state index is -4.06. The van der Waals surface area contributed by atoms with Gasteiger partial charge in [-0.05, 0) is 84.2 Å². The molecule has 9 aromatic rings. The van der Waals surface area contributed by atoms with E-state index >= 15 is 0 Å². The molecule has 0 saturated heterocycles. The van der Waals surface area contributed by atoms with Crippen LogP contribution in [-0.2, 0) is 10.3 Å². The van der Waals surface area contributed by atoms with Crippen LogP contribution in [0, 0.1) is 34.6 Å². The van der Waals surface area contributed by atoms with Crippen molar-refractivity contribution >= 4 is 37.8 Å². The SMILES string of the molecule is CC(C)c1ccccc1[NH2+]S(=O)(=O)O.Cc1c(-c2ccccc2)[nH]c2ccccc12.Cc1c(-c2ccccc2)[nH]c2ccccc12.Cc1cccc(C)[nH+]1.Cc1ccccc1C(C)C. The van der Waals surface area contributed by atoms with Crippen LogP contribution < -0.4 is 9.71 Å². The number of aromatic amines is 3. The number of rotatable bonds is 6. The number of nitrogens with one attached hydrogen (secondary N) is 3. The maximum absolute atomic E-state index is 10.7. The van der Waals surface area contributed by atoms with Crippen molar-refractivity contribution < 1.29 is 22.7 Å². The third-order valence-electron chi connectivity index (χ3n) is 10.8. The molecule has 64 heavy (non-hydrogen) atoms. The van der Waals surface area contributed by atoms with Gasteiger partial charge in [-0.25, -0.2) is 9.54 Å². The van der Waals surface area contributed by atoms with Crippen LogP contribution in [0.1, 0.15) is 78.7 Å². The quantitative estimate of drug-likeness (QED) is 0.0984. The molecule has 0 atom stereocenters. The molecule has 330 valence electrons. The van der Waals surface area contributed by atoms with Crippen molar-refractivity contribution in [1.82, 2.24) is 9.97 Å². The van der Waals surface area contributed by atoms with Crippen LogP contribution in [-0.4, -0.2) is 22.9 Å². The van der Waals surface area contributed by atoms with Crippen molar-refractivity contribution in [2.75, 3.05) is 0 Å². The fourth-order valence-electron chi connectivity index (χ4n) is 7.62. The van der Waals surface area contributed by atoms with E-state index in [9.17, 15) is 8.42 Å². The first-order chi connectivity index (χ1) is 30.6. The second kappa shape index (κ2) is 23.2. The van der Waals surface area contributed by atoms with Gasteiger partial charge in [-0.3, -0.25) is 0 Å². The van der Waals surface area contributed by atoms with Gasteiger partial charge in [0.2, 0.25) is 0 Å². The van der Waals surface area contributed by atoms with Gasteiger partial charge in [-0.1, -0.05) is 167 Å². The normalized spacial score (nSPS) is 10.8. The van der Waals surface area contributed by atoms with E-state index in [0.717, 1.165) is 10.3 Å². The van der Waals surface area contributed by atoms with Crippen LogP contribution >= 0.6 is 0 Å². The molecule has 0 spiro atoms. The Labute approximate surface area is 380 Å². The Balaban J connectivity index is 0.000000154. The van der Waals surface area contributed by atoms with Gasteiger partial charge in [0.05, 0.1) is 0 Å². The fraction of sp³-hybridized carbons (Fsp3) is 0.196. The van der Waals surface area contributed by atoms with E-state index in [0.29, 0.717) is 11.6 Å². The lowest BCUT2D eigenvalue weighted by molar-refractivity contribution is -0.408. The molecule has 6 aromatic carbocycles. The second-order valence-electron chi connectivity index (χ2n) is 16.5. The summed E-state index contributed by atoms with van der Waals surface area (Å²) < 4.78 is 30.9. The lowest BCUT2D eigenvalue weighted by Crippen LogP contribution is -2.81. The molecule has 6 N–H and O–H groups in total. The van der Waals surface area contributed by atoms with Crippen LogP contribution in [0.25, 0.3) is 44.3 Å². The van der Waals surface area contributed by atoms with Crippen LogP contribution in [0.4, 0.5) is 5.69 Å². The van der Waals surface area contributed by atoms with Gasteiger partial charge in [0.15, 0.2) is 11.4 Å². The molecular weight excluding hydrogens is 809 g/mol. The smallest absolute Gasteiger partial charge is 0.354 e. The molecule has 3 aromatic heterocycles. The van der Waals surface area contributed by atoms with Gasteiger partial charge in [0.25, 0.3) is 0 Å². The molecule has 0 radical (unpaired) electrons. The van der Waals surface area contributed by atoms with Crippen molar-refractivity contribution in [2.45, 2.75) is 74.1 Å². The predicted molar refractivity (Wildman–Crippen MR) is 268 cm³/mol. The first kappa shape index (κ1) is 48.5. The highest BCUT2D eigenvalue weighted by Gasteiger charge is 2.15. The number of hydrogen-bond acceptors (Lipinski definition) is 2. The summed E-state index contributed by atoms with van der Waals surface area (Å²) in [7, 11) is -4.06. The minimum Gasteiger partial charge on any atom is -0.354 e. The number of H-pyrrole nitrogens is 3. The summed E-state index contributed by atoms with van der Waals surface area (Å²) in [4.78, 5) is 10.1. The molecule has 0 aliphatic carbocycles. The molecule has 0 bridgehead atoms. The Morgan fingerprint density at radius 1 is 0.469 bits per heavy atom. The maximum Gasteiger partial charge on any atom is 0.434 e. The highest BCUT2D eigenvalue weighted by molar-refractivity contribution is 7.79. The maximum atomic E-state index is 10.7. The lowest BCUT2D eigenvalue weighted by atomic mass is 9.99. The van der Waals surface area contributed by atoms with Gasteiger partial charge in [-0.15, -0.1) is 8.42 Å². The Kier molecular flexibility index (Phi) is 17.6. The summed E-state index contributed by atoms with van der Waals surface area (Å²) >= 11 is 0. The molecule has 3 heterocycles. The summed E-state index contributed by atoms with van der Waals surface area (Å²) in [5.41, 5.74) is 16.7. The molecule has 0 fully saturated rings. The molecule has 0 aliphatic heterocycles. The number of aromatic nitrogens is 3. The van der Waals surface area contributed by atoms with E-state index in [1.807, 2.05) is 70.2 Å². The first-order valence-corrected chi connectivity index (χ1v) is 23.3. The topological polar surface area (TPSA) is 117 Å². The number of aryl methyl sites for hydroxylation is 5. The summed E-state index contributed by atoms with van der Waals surface area (Å²) in [6.45, 7) is 19.0. The van der Waals surface area contributed by atoms with E-state index in [4.69, 9.17) is 4.55 Å². The fourth-order valence-corrected chi connectivity index (χ4v) is 8.16. The van der Waals surface area contributed by atoms with Gasteiger partial charge in [-0.2, -0.15) is 4.72 Å². The van der Waals surface area contributed by atoms with Gasteiger partial charge in [0, 0.05) is 70.8 Å². The van der Waals surface area contributed by atoms with Gasteiger partial charge < -0.3 is 9.97 Å². The average Bonchev–Trinajstić information content (AvgIpc) is 3.80. The third-order valence-corrected chi connectivity index (χ3v) is 11.4. The van der Waals surface area contributed by atoms with Crippen molar-refractivity contribution in [3.05, 3.63) is 215 Å². The van der Waals surface area contributed by atoms with E-state index in [2.05, 4.69) is 171 Å². The van der Waals surface area contributed by atoms with E-state index in [1.54, 1.807) is 12.1 Å². The molecule has 0 amide bonds. The van der Waals surface area contributed by atoms with Crippen molar-refractivity contribution in [3.63, 3.8) is 0 Å². The zero-order valence-corrected chi connectivity index (χ0v) is 39.5. The van der Waals surface area contributed by atoms with Crippen LogP contribution in [0.3, 0.4) is 0 Å². The van der Waals surface area contributed by atoms with Crippen LogP contribution in [0.5, 0.6) is 0 Å². The highest BCUT2D eigenvalue weighted by Crippen LogP contribution is 2.30. The number of hydrogen-bond donors (Lipinski definition) is 4. The monoisotopic (exact) mass is 872 g/mol. The Morgan fingerprint density at radius 3 is 1.23 bits per heavy atom. The molecular formula is C56H64N4O3S+2. The number of benzene rings is 6. The van der Waals surface area contributed by atoms with E-state index < -0.39 is 10.3 Å². The predicted octanol–water partition coefficient (Wildman–Crippen LogP) is 13.3. The third kappa shape index (κ3) is 14.0. The van der Waals surface area contributed by atoms with Gasteiger partial charge >= 0.3 is 10.3 Å². The standard InChI is InChI=1S/2C15H13N.C10H14.C9H13NO3S.C7H9N/c2*1-11-13-9-5-6-10-14(13)16-15(11)12-7-3-2-4-8-12;1-8(2)10-7-5-4-6-9(10)3;1-7(2)8-5-3-4-6-9(8)10-14(11,12)13;1-6-4-3-5-7(2)8-6/h2*2-10,16H,1H3;4-8H,1-3H3;3-7,10H,1-2H3,(H,11,12,13);3-5H,1-2H3/p+2. The number of quaternary nitrogens is 1.